The van der Waals surface area contributed by atoms with Gasteiger partial charge in [0.25, 0.3) is 0 Å². The Bertz CT molecular complexity index is 362. The van der Waals surface area contributed by atoms with E-state index in [1.54, 1.807) is 0 Å². The van der Waals surface area contributed by atoms with Crippen molar-refractivity contribution in [2.75, 3.05) is 0 Å². The van der Waals surface area contributed by atoms with Crippen molar-refractivity contribution in [3.8, 4) is 0 Å². The lowest BCUT2D eigenvalue weighted by molar-refractivity contribution is 0.613. The zero-order valence-electron chi connectivity index (χ0n) is 8.98. The Morgan fingerprint density at radius 3 is 2.47 bits per heavy atom. The molecule has 1 aromatic carbocycles. The predicted molar refractivity (Wildman–Crippen MR) is 63.4 cm³/mol. The Morgan fingerprint density at radius 2 is 1.87 bits per heavy atom. The van der Waals surface area contributed by atoms with Gasteiger partial charge in [-0.05, 0) is 24.0 Å². The van der Waals surface area contributed by atoms with Crippen LogP contribution in [-0.4, -0.2) is 8.42 Å². The van der Waals surface area contributed by atoms with Gasteiger partial charge in [-0.25, -0.2) is 8.42 Å². The Labute approximate surface area is 93.3 Å². The summed E-state index contributed by atoms with van der Waals surface area (Å²) in [6.45, 7) is 2.14. The van der Waals surface area contributed by atoms with Crippen molar-refractivity contribution in [3.63, 3.8) is 0 Å². The van der Waals surface area contributed by atoms with Crippen LogP contribution in [0.2, 0.25) is 0 Å². The number of hydrogen-bond acceptors (Lipinski definition) is 2. The number of thiol groups is 1. The van der Waals surface area contributed by atoms with Gasteiger partial charge >= 0.3 is 0 Å². The SMILES string of the molecule is CCC[CH]Cc1ccccc1C[SH](=O)=O. The second kappa shape index (κ2) is 6.62. The number of unbranched alkanes of at least 4 members (excludes halogenated alkanes) is 2. The average molecular weight is 225 g/mol. The van der Waals surface area contributed by atoms with Crippen LogP contribution in [0.15, 0.2) is 24.3 Å². The molecule has 2 nitrogen and oxygen atoms in total. The average Bonchev–Trinajstić information content (AvgIpc) is 2.20. The molecule has 0 amide bonds. The zero-order chi connectivity index (χ0) is 11.1. The molecule has 0 heterocycles. The lowest BCUT2D eigenvalue weighted by Crippen LogP contribution is -1.95. The van der Waals surface area contributed by atoms with E-state index in [1.165, 1.54) is 0 Å². The third kappa shape index (κ3) is 4.47. The fraction of sp³-hybridized carbons (Fsp3) is 0.417. The van der Waals surface area contributed by atoms with Gasteiger partial charge in [0.05, 0.1) is 5.75 Å². The van der Waals surface area contributed by atoms with Crippen LogP contribution in [0, 0.1) is 6.42 Å². The van der Waals surface area contributed by atoms with Gasteiger partial charge in [0.2, 0.25) is 0 Å². The Hall–Kier alpha value is -0.830. The molecule has 83 valence electrons. The fourth-order valence-electron chi connectivity index (χ4n) is 1.51. The molecule has 0 spiro atoms. The summed E-state index contributed by atoms with van der Waals surface area (Å²) in [5, 5.41) is 0. The fourth-order valence-corrected chi connectivity index (χ4v) is 2.10. The van der Waals surface area contributed by atoms with Gasteiger partial charge in [-0.15, -0.1) is 0 Å². The van der Waals surface area contributed by atoms with Gasteiger partial charge in [0.1, 0.15) is 10.7 Å². The Balaban J connectivity index is 2.68. The molecule has 1 rings (SSSR count). The van der Waals surface area contributed by atoms with Crippen LogP contribution < -0.4 is 0 Å². The van der Waals surface area contributed by atoms with E-state index in [4.69, 9.17) is 0 Å². The number of hydrogen-bond donors (Lipinski definition) is 1. The molecule has 0 aliphatic carbocycles. The summed E-state index contributed by atoms with van der Waals surface area (Å²) in [5.74, 6) is 0.158. The first kappa shape index (κ1) is 12.2. The maximum atomic E-state index is 10.7. The third-order valence-corrected chi connectivity index (χ3v) is 2.87. The number of rotatable bonds is 6. The predicted octanol–water partition coefficient (Wildman–Crippen LogP) is 2.34. The molecule has 0 N–H and O–H groups in total. The topological polar surface area (TPSA) is 34.1 Å². The van der Waals surface area contributed by atoms with E-state index < -0.39 is 10.7 Å². The second-order valence-corrected chi connectivity index (χ2v) is 4.52. The highest BCUT2D eigenvalue weighted by Gasteiger charge is 2.02. The molecular weight excluding hydrogens is 208 g/mol. The van der Waals surface area contributed by atoms with Crippen LogP contribution in [0.1, 0.15) is 30.9 Å². The van der Waals surface area contributed by atoms with E-state index in [9.17, 15) is 8.42 Å². The van der Waals surface area contributed by atoms with Crippen molar-refractivity contribution in [2.24, 2.45) is 0 Å². The molecule has 0 aromatic heterocycles. The van der Waals surface area contributed by atoms with Crippen molar-refractivity contribution >= 4 is 10.7 Å². The van der Waals surface area contributed by atoms with Crippen molar-refractivity contribution in [2.45, 2.75) is 31.9 Å². The van der Waals surface area contributed by atoms with Crippen LogP contribution >= 0.6 is 0 Å². The first-order valence-corrected chi connectivity index (χ1v) is 6.60. The minimum absolute atomic E-state index is 0.158. The molecule has 0 aliphatic heterocycles. The summed E-state index contributed by atoms with van der Waals surface area (Å²) in [7, 11) is -2.33. The molecule has 1 aromatic rings. The standard InChI is InChI=1S/C12H17O2S/c1-2-3-4-7-11-8-5-6-9-12(11)10-15(13)14/h4-6,8-9,15H,2-3,7,10H2,1H3. The summed E-state index contributed by atoms with van der Waals surface area (Å²) >= 11 is 0. The molecule has 0 atom stereocenters. The number of benzene rings is 1. The highest BCUT2D eigenvalue weighted by Crippen LogP contribution is 2.13. The van der Waals surface area contributed by atoms with Gasteiger partial charge in [0, 0.05) is 0 Å². The smallest absolute Gasteiger partial charge is 0.144 e. The summed E-state index contributed by atoms with van der Waals surface area (Å²) < 4.78 is 21.4. The molecule has 0 fully saturated rings. The first-order valence-electron chi connectivity index (χ1n) is 5.24. The molecule has 0 saturated carbocycles. The summed E-state index contributed by atoms with van der Waals surface area (Å²) in [6.07, 6.45) is 5.29. The molecule has 15 heavy (non-hydrogen) atoms. The Morgan fingerprint density at radius 1 is 1.20 bits per heavy atom. The van der Waals surface area contributed by atoms with Gasteiger partial charge in [-0.3, -0.25) is 0 Å². The molecule has 0 bridgehead atoms. The van der Waals surface area contributed by atoms with E-state index in [1.807, 2.05) is 24.3 Å². The molecular formula is C12H17O2S. The highest BCUT2D eigenvalue weighted by atomic mass is 32.2. The summed E-state index contributed by atoms with van der Waals surface area (Å²) in [6, 6.07) is 7.73. The van der Waals surface area contributed by atoms with E-state index in [-0.39, 0.29) is 5.75 Å². The zero-order valence-corrected chi connectivity index (χ0v) is 9.87. The van der Waals surface area contributed by atoms with Crippen molar-refractivity contribution in [3.05, 3.63) is 41.8 Å². The van der Waals surface area contributed by atoms with Crippen molar-refractivity contribution in [1.82, 2.24) is 0 Å². The quantitative estimate of drug-likeness (QED) is 0.595. The molecule has 1 radical (unpaired) electrons. The maximum Gasteiger partial charge on any atom is 0.144 e. The van der Waals surface area contributed by atoms with Crippen molar-refractivity contribution in [1.29, 1.82) is 0 Å². The summed E-state index contributed by atoms with van der Waals surface area (Å²) in [5.41, 5.74) is 2.06. The van der Waals surface area contributed by atoms with E-state index in [0.29, 0.717) is 0 Å². The maximum absolute atomic E-state index is 10.7. The normalized spacial score (nSPS) is 10.8. The minimum atomic E-state index is -2.33. The molecule has 0 unspecified atom stereocenters. The highest BCUT2D eigenvalue weighted by molar-refractivity contribution is 7.71. The molecule has 0 saturated heterocycles. The van der Waals surface area contributed by atoms with Gasteiger partial charge < -0.3 is 0 Å². The minimum Gasteiger partial charge on any atom is -0.232 e. The molecule has 3 heteroatoms. The van der Waals surface area contributed by atoms with Crippen LogP contribution in [0.3, 0.4) is 0 Å². The lowest BCUT2D eigenvalue weighted by atomic mass is 10.0. The van der Waals surface area contributed by atoms with Gasteiger partial charge in [-0.2, -0.15) is 0 Å². The Kier molecular flexibility index (Phi) is 5.40. The largest absolute Gasteiger partial charge is 0.232 e. The third-order valence-electron chi connectivity index (χ3n) is 2.27. The van der Waals surface area contributed by atoms with Crippen LogP contribution in [0.5, 0.6) is 0 Å². The summed E-state index contributed by atoms with van der Waals surface area (Å²) in [4.78, 5) is 0. The monoisotopic (exact) mass is 225 g/mol. The van der Waals surface area contributed by atoms with E-state index in [0.717, 1.165) is 30.4 Å². The molecule has 0 aliphatic rings. The van der Waals surface area contributed by atoms with Crippen molar-refractivity contribution < 1.29 is 8.42 Å². The van der Waals surface area contributed by atoms with E-state index in [2.05, 4.69) is 13.3 Å². The van der Waals surface area contributed by atoms with E-state index >= 15 is 0 Å². The second-order valence-electron chi connectivity index (χ2n) is 3.54. The van der Waals surface area contributed by atoms with Crippen LogP contribution in [-0.2, 0) is 22.9 Å². The first-order chi connectivity index (χ1) is 7.24. The van der Waals surface area contributed by atoms with Gasteiger partial charge in [-0.1, -0.05) is 44.0 Å². The lowest BCUT2D eigenvalue weighted by Gasteiger charge is -2.05. The van der Waals surface area contributed by atoms with Crippen LogP contribution in [0.25, 0.3) is 0 Å². The van der Waals surface area contributed by atoms with Gasteiger partial charge in [0.15, 0.2) is 0 Å². The van der Waals surface area contributed by atoms with Crippen LogP contribution in [0.4, 0.5) is 0 Å².